The zero-order valence-electron chi connectivity index (χ0n) is 15.2. The fourth-order valence-electron chi connectivity index (χ4n) is 3.55. The van der Waals surface area contributed by atoms with Crippen LogP contribution in [0.2, 0.25) is 0 Å². The Labute approximate surface area is 164 Å². The molecule has 4 aromatic rings. The lowest BCUT2D eigenvalue weighted by atomic mass is 10.1. The molecule has 2 aromatic carbocycles. The van der Waals surface area contributed by atoms with Crippen LogP contribution in [0.1, 0.15) is 5.56 Å². The highest BCUT2D eigenvalue weighted by Gasteiger charge is 2.24. The summed E-state index contributed by atoms with van der Waals surface area (Å²) in [6.45, 7) is 2.82. The van der Waals surface area contributed by atoms with Crippen molar-refractivity contribution in [3.05, 3.63) is 64.7 Å². The van der Waals surface area contributed by atoms with Gasteiger partial charge in [-0.1, -0.05) is 24.3 Å². The van der Waals surface area contributed by atoms with Crippen LogP contribution in [0.5, 0.6) is 5.75 Å². The molecule has 6 nitrogen and oxygen atoms in total. The molecule has 0 radical (unpaired) electrons. The van der Waals surface area contributed by atoms with E-state index in [-0.39, 0.29) is 18.0 Å². The molecule has 0 saturated heterocycles. The number of carbonyl (C=O) groups is 1. The summed E-state index contributed by atoms with van der Waals surface area (Å²) in [6.07, 6.45) is 1.47. The van der Waals surface area contributed by atoms with E-state index in [2.05, 4.69) is 4.98 Å². The maximum atomic E-state index is 13.0. The second-order valence-electron chi connectivity index (χ2n) is 6.82. The highest BCUT2D eigenvalue weighted by molar-refractivity contribution is 7.25. The third-order valence-corrected chi connectivity index (χ3v) is 6.08. The van der Waals surface area contributed by atoms with Gasteiger partial charge in [-0.2, -0.15) is 0 Å². The smallest absolute Gasteiger partial charge is 0.271 e. The van der Waals surface area contributed by atoms with Crippen LogP contribution < -0.4 is 15.2 Å². The maximum Gasteiger partial charge on any atom is 0.271 e. The maximum absolute atomic E-state index is 13.0. The van der Waals surface area contributed by atoms with E-state index in [0.717, 1.165) is 21.3 Å². The van der Waals surface area contributed by atoms with Crippen molar-refractivity contribution in [1.29, 1.82) is 0 Å². The summed E-state index contributed by atoms with van der Waals surface area (Å²) in [5.41, 5.74) is 2.31. The van der Waals surface area contributed by atoms with Crippen LogP contribution in [-0.2, 0) is 11.3 Å². The van der Waals surface area contributed by atoms with Crippen molar-refractivity contribution in [1.82, 2.24) is 9.55 Å². The molecule has 1 aliphatic heterocycles. The first-order chi connectivity index (χ1) is 13.6. The number of nitrogens with zero attached hydrogens (tertiary/aromatic N) is 3. The second-order valence-corrected chi connectivity index (χ2v) is 7.87. The zero-order valence-corrected chi connectivity index (χ0v) is 16.0. The lowest BCUT2D eigenvalue weighted by Gasteiger charge is -2.30. The average Bonchev–Trinajstić information content (AvgIpc) is 3.09. The van der Waals surface area contributed by atoms with Crippen molar-refractivity contribution < 1.29 is 9.53 Å². The SMILES string of the molecule is Cc1ccc2c(c1)N(C(=O)Cn1cnc3c(sc4ccccc43)c1=O)CCO2. The first-order valence-corrected chi connectivity index (χ1v) is 9.84. The summed E-state index contributed by atoms with van der Waals surface area (Å²) >= 11 is 1.41. The Kier molecular flexibility index (Phi) is 3.91. The number of thiophene rings is 1. The van der Waals surface area contributed by atoms with Gasteiger partial charge in [0, 0.05) is 10.1 Å². The molecule has 0 unspecified atom stereocenters. The Balaban J connectivity index is 1.52. The van der Waals surface area contributed by atoms with Gasteiger partial charge in [0.25, 0.3) is 5.56 Å². The van der Waals surface area contributed by atoms with Gasteiger partial charge >= 0.3 is 0 Å². The molecule has 0 N–H and O–H groups in total. The quantitative estimate of drug-likeness (QED) is 0.526. The van der Waals surface area contributed by atoms with E-state index in [1.54, 1.807) is 4.90 Å². The number of aromatic nitrogens is 2. The number of fused-ring (bicyclic) bond motifs is 4. The zero-order chi connectivity index (χ0) is 19.3. The van der Waals surface area contributed by atoms with Crippen molar-refractivity contribution in [2.24, 2.45) is 0 Å². The fraction of sp³-hybridized carbons (Fsp3) is 0.190. The molecule has 5 rings (SSSR count). The molecular formula is C21H17N3O3S. The van der Waals surface area contributed by atoms with Crippen LogP contribution in [0.15, 0.2) is 53.6 Å². The molecule has 0 spiro atoms. The molecule has 3 heterocycles. The number of ether oxygens (including phenoxy) is 1. The molecule has 0 saturated carbocycles. The molecule has 28 heavy (non-hydrogen) atoms. The van der Waals surface area contributed by atoms with Crippen LogP contribution in [0.3, 0.4) is 0 Å². The molecule has 2 aromatic heterocycles. The molecule has 140 valence electrons. The summed E-state index contributed by atoms with van der Waals surface area (Å²) in [6, 6.07) is 13.6. The topological polar surface area (TPSA) is 64.4 Å². The number of aryl methyl sites for hydroxylation is 1. The minimum absolute atomic E-state index is 0.0522. The largest absolute Gasteiger partial charge is 0.490 e. The molecule has 0 bridgehead atoms. The molecule has 1 amide bonds. The van der Waals surface area contributed by atoms with Gasteiger partial charge in [0.2, 0.25) is 5.91 Å². The second kappa shape index (κ2) is 6.45. The van der Waals surface area contributed by atoms with Gasteiger partial charge in [-0.3, -0.25) is 14.2 Å². The lowest BCUT2D eigenvalue weighted by Crippen LogP contribution is -2.41. The van der Waals surface area contributed by atoms with Gasteiger partial charge in [-0.15, -0.1) is 11.3 Å². The van der Waals surface area contributed by atoms with Crippen LogP contribution >= 0.6 is 11.3 Å². The van der Waals surface area contributed by atoms with Crippen molar-refractivity contribution >= 4 is 43.2 Å². The van der Waals surface area contributed by atoms with Gasteiger partial charge in [-0.05, 0) is 30.7 Å². The van der Waals surface area contributed by atoms with Crippen molar-refractivity contribution in [2.75, 3.05) is 18.1 Å². The van der Waals surface area contributed by atoms with Crippen molar-refractivity contribution in [3.63, 3.8) is 0 Å². The van der Waals surface area contributed by atoms with Gasteiger partial charge in [0.1, 0.15) is 23.6 Å². The predicted molar refractivity (Wildman–Crippen MR) is 110 cm³/mol. The van der Waals surface area contributed by atoms with Crippen LogP contribution in [0.25, 0.3) is 20.3 Å². The van der Waals surface area contributed by atoms with Crippen molar-refractivity contribution in [3.8, 4) is 5.75 Å². The minimum Gasteiger partial charge on any atom is -0.490 e. The van der Waals surface area contributed by atoms with E-state index in [4.69, 9.17) is 4.74 Å². The molecule has 0 atom stereocenters. The summed E-state index contributed by atoms with van der Waals surface area (Å²) in [5.74, 6) is 0.537. The summed E-state index contributed by atoms with van der Waals surface area (Å²) < 4.78 is 8.64. The highest BCUT2D eigenvalue weighted by Crippen LogP contribution is 2.33. The van der Waals surface area contributed by atoms with Gasteiger partial charge in [-0.25, -0.2) is 4.98 Å². The summed E-state index contributed by atoms with van der Waals surface area (Å²) in [7, 11) is 0. The Morgan fingerprint density at radius 2 is 2.11 bits per heavy atom. The average molecular weight is 391 g/mol. The third kappa shape index (κ3) is 2.66. The van der Waals surface area contributed by atoms with E-state index in [0.29, 0.717) is 29.1 Å². The third-order valence-electron chi connectivity index (χ3n) is 4.93. The molecule has 0 fully saturated rings. The number of rotatable bonds is 2. The van der Waals surface area contributed by atoms with E-state index in [1.807, 2.05) is 49.4 Å². The fourth-order valence-corrected chi connectivity index (χ4v) is 4.65. The number of benzene rings is 2. The summed E-state index contributed by atoms with van der Waals surface area (Å²) in [5, 5.41) is 0.968. The predicted octanol–water partition coefficient (Wildman–Crippen LogP) is 3.35. The van der Waals surface area contributed by atoms with Crippen LogP contribution in [0, 0.1) is 6.92 Å². The number of amides is 1. The normalized spacial score (nSPS) is 13.5. The Bertz CT molecular complexity index is 1290. The lowest BCUT2D eigenvalue weighted by molar-refractivity contribution is -0.119. The molecule has 0 aliphatic carbocycles. The standard InChI is InChI=1S/C21H17N3O3S/c1-13-6-7-16-15(10-13)24(8-9-27-16)18(25)11-23-12-22-19-14-4-2-3-5-17(14)28-20(19)21(23)26/h2-7,10,12H,8-9,11H2,1H3. The first kappa shape index (κ1) is 16.9. The number of carbonyl (C=O) groups excluding carboxylic acids is 1. The minimum atomic E-state index is -0.183. The van der Waals surface area contributed by atoms with Gasteiger partial charge in [0.05, 0.1) is 24.1 Å². The van der Waals surface area contributed by atoms with E-state index in [9.17, 15) is 9.59 Å². The Hall–Kier alpha value is -3.19. The molecule has 1 aliphatic rings. The summed E-state index contributed by atoms with van der Waals surface area (Å²) in [4.78, 5) is 32.1. The Morgan fingerprint density at radius 1 is 1.25 bits per heavy atom. The van der Waals surface area contributed by atoms with Crippen LogP contribution in [0.4, 0.5) is 5.69 Å². The van der Waals surface area contributed by atoms with Gasteiger partial charge in [0.15, 0.2) is 0 Å². The number of hydrogen-bond donors (Lipinski definition) is 0. The number of anilines is 1. The van der Waals surface area contributed by atoms with Gasteiger partial charge < -0.3 is 9.64 Å². The number of hydrogen-bond acceptors (Lipinski definition) is 5. The molecular weight excluding hydrogens is 374 g/mol. The highest BCUT2D eigenvalue weighted by atomic mass is 32.1. The first-order valence-electron chi connectivity index (χ1n) is 9.02. The van der Waals surface area contributed by atoms with Crippen LogP contribution in [-0.4, -0.2) is 28.6 Å². The van der Waals surface area contributed by atoms with E-state index < -0.39 is 0 Å². The Morgan fingerprint density at radius 3 is 3.00 bits per heavy atom. The van der Waals surface area contributed by atoms with E-state index in [1.165, 1.54) is 22.2 Å². The van der Waals surface area contributed by atoms with Crippen molar-refractivity contribution in [2.45, 2.75) is 13.5 Å². The monoisotopic (exact) mass is 391 g/mol. The van der Waals surface area contributed by atoms with E-state index >= 15 is 0 Å². The molecule has 7 heteroatoms.